The molecule has 1 saturated carbocycles. The number of ether oxygens (including phenoxy) is 1. The first-order valence-electron chi connectivity index (χ1n) is 7.22. The first-order valence-corrected chi connectivity index (χ1v) is 7.22. The fraction of sp³-hybridized carbons (Fsp3) is 0.857. The average molecular weight is 265 g/mol. The Kier molecular flexibility index (Phi) is 3.35. The Morgan fingerprint density at radius 3 is 2.58 bits per heavy atom. The second-order valence-corrected chi connectivity index (χ2v) is 6.74. The van der Waals surface area contributed by atoms with Crippen molar-refractivity contribution in [2.75, 3.05) is 13.2 Å². The third-order valence-corrected chi connectivity index (χ3v) is 4.60. The van der Waals surface area contributed by atoms with Gasteiger partial charge in [0.1, 0.15) is 0 Å². The van der Waals surface area contributed by atoms with E-state index in [2.05, 4.69) is 24.0 Å². The predicted molar refractivity (Wildman–Crippen MR) is 70.8 cm³/mol. The van der Waals surface area contributed by atoms with Crippen molar-refractivity contribution in [3.05, 3.63) is 11.7 Å². The lowest BCUT2D eigenvalue weighted by molar-refractivity contribution is 0.187. The summed E-state index contributed by atoms with van der Waals surface area (Å²) in [4.78, 5) is 4.58. The lowest BCUT2D eigenvalue weighted by atomic mass is 9.73. The summed E-state index contributed by atoms with van der Waals surface area (Å²) < 4.78 is 10.8. The zero-order valence-electron chi connectivity index (χ0n) is 11.8. The van der Waals surface area contributed by atoms with Gasteiger partial charge in [0.05, 0.1) is 19.1 Å². The molecule has 2 fully saturated rings. The zero-order chi connectivity index (χ0) is 13.5. The first kappa shape index (κ1) is 13.1. The van der Waals surface area contributed by atoms with E-state index in [9.17, 15) is 0 Å². The number of hydrogen-bond donors (Lipinski definition) is 1. The zero-order valence-corrected chi connectivity index (χ0v) is 11.8. The van der Waals surface area contributed by atoms with Crippen LogP contribution >= 0.6 is 0 Å². The van der Waals surface area contributed by atoms with Gasteiger partial charge in [0.2, 0.25) is 5.89 Å². The first-order chi connectivity index (χ1) is 9.05. The van der Waals surface area contributed by atoms with Crippen LogP contribution in [0.1, 0.15) is 63.1 Å². The van der Waals surface area contributed by atoms with Crippen LogP contribution in [0.15, 0.2) is 4.52 Å². The monoisotopic (exact) mass is 265 g/mol. The minimum Gasteiger partial charge on any atom is -0.379 e. The molecule has 2 atom stereocenters. The van der Waals surface area contributed by atoms with Gasteiger partial charge in [-0.2, -0.15) is 4.98 Å². The van der Waals surface area contributed by atoms with Crippen LogP contribution in [0.5, 0.6) is 0 Å². The van der Waals surface area contributed by atoms with Gasteiger partial charge in [-0.3, -0.25) is 0 Å². The minimum absolute atomic E-state index is 0.0152. The van der Waals surface area contributed by atoms with E-state index < -0.39 is 0 Å². The summed E-state index contributed by atoms with van der Waals surface area (Å²) in [5.74, 6) is 2.04. The molecule has 0 aromatic carbocycles. The largest absolute Gasteiger partial charge is 0.379 e. The van der Waals surface area contributed by atoms with Crippen LogP contribution in [0, 0.1) is 5.41 Å². The van der Waals surface area contributed by atoms with Crippen molar-refractivity contribution < 1.29 is 9.26 Å². The van der Waals surface area contributed by atoms with E-state index in [0.29, 0.717) is 30.4 Å². The third-order valence-electron chi connectivity index (χ3n) is 4.60. The molecular formula is C14H23N3O2. The summed E-state index contributed by atoms with van der Waals surface area (Å²) in [6, 6.07) is -0.0152. The topological polar surface area (TPSA) is 74.2 Å². The van der Waals surface area contributed by atoms with Crippen molar-refractivity contribution in [1.29, 1.82) is 0 Å². The molecule has 19 heavy (non-hydrogen) atoms. The smallest absolute Gasteiger partial charge is 0.233 e. The van der Waals surface area contributed by atoms with Gasteiger partial charge in [-0.25, -0.2) is 0 Å². The standard InChI is InChI=1S/C14H23N3O2/c1-14(2)5-3-9(4-6-14)12-16-13(19-17-12)10-7-18-8-11(10)15/h9-11H,3-8,15H2,1-2H3. The molecule has 1 aromatic heterocycles. The lowest BCUT2D eigenvalue weighted by Gasteiger charge is -2.32. The van der Waals surface area contributed by atoms with Crippen molar-refractivity contribution in [2.24, 2.45) is 11.1 Å². The predicted octanol–water partition coefficient (Wildman–Crippen LogP) is 2.19. The number of nitrogens with zero attached hydrogens (tertiary/aromatic N) is 2. The van der Waals surface area contributed by atoms with E-state index in [4.69, 9.17) is 15.0 Å². The quantitative estimate of drug-likeness (QED) is 0.887. The van der Waals surface area contributed by atoms with Gasteiger partial charge >= 0.3 is 0 Å². The van der Waals surface area contributed by atoms with Crippen molar-refractivity contribution in [2.45, 2.75) is 57.4 Å². The molecule has 2 unspecified atom stereocenters. The Hall–Kier alpha value is -0.940. The van der Waals surface area contributed by atoms with E-state index >= 15 is 0 Å². The average Bonchev–Trinajstić information content (AvgIpc) is 2.97. The fourth-order valence-electron chi connectivity index (χ4n) is 3.05. The van der Waals surface area contributed by atoms with Gasteiger partial charge in [-0.15, -0.1) is 0 Å². The van der Waals surface area contributed by atoms with Crippen molar-refractivity contribution >= 4 is 0 Å². The molecule has 2 aliphatic rings. The molecule has 0 amide bonds. The summed E-state index contributed by atoms with van der Waals surface area (Å²) in [5.41, 5.74) is 6.44. The van der Waals surface area contributed by atoms with Crippen molar-refractivity contribution in [1.82, 2.24) is 10.1 Å². The molecule has 1 aliphatic heterocycles. The van der Waals surface area contributed by atoms with Crippen molar-refractivity contribution in [3.8, 4) is 0 Å². The Morgan fingerprint density at radius 2 is 1.95 bits per heavy atom. The third kappa shape index (κ3) is 2.67. The molecule has 2 heterocycles. The maximum Gasteiger partial charge on any atom is 0.233 e. The second kappa shape index (κ2) is 4.87. The van der Waals surface area contributed by atoms with Gasteiger partial charge in [-0.1, -0.05) is 19.0 Å². The summed E-state index contributed by atoms with van der Waals surface area (Å²) >= 11 is 0. The highest BCUT2D eigenvalue weighted by atomic mass is 16.5. The lowest BCUT2D eigenvalue weighted by Crippen LogP contribution is -2.27. The number of rotatable bonds is 2. The van der Waals surface area contributed by atoms with Crippen LogP contribution in [-0.2, 0) is 4.74 Å². The normalized spacial score (nSPS) is 31.7. The SMILES string of the molecule is CC1(C)CCC(c2noc(C3COCC3N)n2)CC1. The molecule has 1 aliphatic carbocycles. The molecule has 106 valence electrons. The molecule has 3 rings (SSSR count). The van der Waals surface area contributed by atoms with Crippen LogP contribution < -0.4 is 5.73 Å². The Labute approximate surface area is 113 Å². The maximum atomic E-state index is 5.98. The fourth-order valence-corrected chi connectivity index (χ4v) is 3.05. The molecule has 5 heteroatoms. The summed E-state index contributed by atoms with van der Waals surface area (Å²) in [6.45, 7) is 5.85. The Morgan fingerprint density at radius 1 is 1.21 bits per heavy atom. The van der Waals surface area contributed by atoms with E-state index in [1.807, 2.05) is 0 Å². The molecule has 0 radical (unpaired) electrons. The molecule has 5 nitrogen and oxygen atoms in total. The van der Waals surface area contributed by atoms with Crippen LogP contribution in [-0.4, -0.2) is 29.4 Å². The summed E-state index contributed by atoms with van der Waals surface area (Å²) in [6.07, 6.45) is 4.76. The highest BCUT2D eigenvalue weighted by Crippen LogP contribution is 2.41. The van der Waals surface area contributed by atoms with Gasteiger partial charge in [0, 0.05) is 12.0 Å². The van der Waals surface area contributed by atoms with E-state index in [1.54, 1.807) is 0 Å². The highest BCUT2D eigenvalue weighted by Gasteiger charge is 2.34. The number of nitrogens with two attached hydrogens (primary N) is 1. The van der Waals surface area contributed by atoms with Gasteiger partial charge in [0.25, 0.3) is 0 Å². The van der Waals surface area contributed by atoms with E-state index in [-0.39, 0.29) is 12.0 Å². The maximum absolute atomic E-state index is 5.98. The summed E-state index contributed by atoms with van der Waals surface area (Å²) in [7, 11) is 0. The Bertz CT molecular complexity index is 434. The highest BCUT2D eigenvalue weighted by molar-refractivity contribution is 5.05. The van der Waals surface area contributed by atoms with Crippen LogP contribution in [0.25, 0.3) is 0 Å². The number of hydrogen-bond acceptors (Lipinski definition) is 5. The minimum atomic E-state index is -0.0152. The van der Waals surface area contributed by atoms with Crippen molar-refractivity contribution in [3.63, 3.8) is 0 Å². The van der Waals surface area contributed by atoms with Crippen LogP contribution in [0.3, 0.4) is 0 Å². The Balaban J connectivity index is 1.68. The van der Waals surface area contributed by atoms with Crippen LogP contribution in [0.2, 0.25) is 0 Å². The van der Waals surface area contributed by atoms with Gasteiger partial charge in [0.15, 0.2) is 5.82 Å². The summed E-state index contributed by atoms with van der Waals surface area (Å²) in [5, 5.41) is 4.17. The molecular weight excluding hydrogens is 242 g/mol. The molecule has 0 spiro atoms. The van der Waals surface area contributed by atoms with E-state index in [0.717, 1.165) is 18.7 Å². The molecule has 1 saturated heterocycles. The molecule has 0 bridgehead atoms. The number of aromatic nitrogens is 2. The second-order valence-electron chi connectivity index (χ2n) is 6.74. The van der Waals surface area contributed by atoms with E-state index in [1.165, 1.54) is 12.8 Å². The molecule has 2 N–H and O–H groups in total. The molecule has 1 aromatic rings. The van der Waals surface area contributed by atoms with Crippen LogP contribution in [0.4, 0.5) is 0 Å². The van der Waals surface area contributed by atoms with Gasteiger partial charge in [-0.05, 0) is 31.1 Å². The van der Waals surface area contributed by atoms with Gasteiger partial charge < -0.3 is 15.0 Å².